The van der Waals surface area contributed by atoms with Crippen molar-refractivity contribution in [3.05, 3.63) is 62.1 Å². The van der Waals surface area contributed by atoms with Gasteiger partial charge in [0.05, 0.1) is 9.40 Å². The van der Waals surface area contributed by atoms with Gasteiger partial charge in [0.15, 0.2) is 0 Å². The summed E-state index contributed by atoms with van der Waals surface area (Å²) in [6.07, 6.45) is 0. The SMILES string of the molecule is Cc1ccc(Oc2ccc([N+](=O)[O-])cc2Br)c(C(=O)O)c1. The van der Waals surface area contributed by atoms with Crippen LogP contribution in [0.2, 0.25) is 0 Å². The summed E-state index contributed by atoms with van der Waals surface area (Å²) in [7, 11) is 0. The van der Waals surface area contributed by atoms with Crippen molar-refractivity contribution < 1.29 is 19.6 Å². The Labute approximate surface area is 128 Å². The molecule has 0 aliphatic heterocycles. The Balaban J connectivity index is 2.39. The predicted molar refractivity (Wildman–Crippen MR) is 79.0 cm³/mol. The molecule has 2 aromatic carbocycles. The molecular weight excluding hydrogens is 342 g/mol. The number of aryl methyl sites for hydroxylation is 1. The van der Waals surface area contributed by atoms with Gasteiger partial charge in [0.1, 0.15) is 17.1 Å². The number of halogens is 1. The summed E-state index contributed by atoms with van der Waals surface area (Å²) in [6, 6.07) is 8.76. The van der Waals surface area contributed by atoms with Gasteiger partial charge < -0.3 is 9.84 Å². The Kier molecular flexibility index (Phi) is 4.23. The molecule has 2 aromatic rings. The van der Waals surface area contributed by atoms with E-state index in [0.717, 1.165) is 5.56 Å². The minimum atomic E-state index is -1.10. The second-order valence-electron chi connectivity index (χ2n) is 4.28. The topological polar surface area (TPSA) is 89.7 Å². The van der Waals surface area contributed by atoms with Gasteiger partial charge in [-0.25, -0.2) is 4.79 Å². The molecule has 0 saturated heterocycles. The van der Waals surface area contributed by atoms with Gasteiger partial charge in [0.25, 0.3) is 5.69 Å². The molecule has 21 heavy (non-hydrogen) atoms. The number of carbonyl (C=O) groups is 1. The highest BCUT2D eigenvalue weighted by Gasteiger charge is 2.15. The molecule has 0 aromatic heterocycles. The molecule has 0 bridgehead atoms. The number of carboxylic acid groups (broad SMARTS) is 1. The molecule has 1 N–H and O–H groups in total. The maximum absolute atomic E-state index is 11.2. The molecule has 0 fully saturated rings. The van der Waals surface area contributed by atoms with Crippen LogP contribution in [0.15, 0.2) is 40.9 Å². The van der Waals surface area contributed by atoms with E-state index in [1.807, 2.05) is 0 Å². The van der Waals surface area contributed by atoms with Crippen LogP contribution in [0.3, 0.4) is 0 Å². The van der Waals surface area contributed by atoms with Crippen molar-refractivity contribution >= 4 is 27.6 Å². The molecule has 0 amide bonds. The highest BCUT2D eigenvalue weighted by molar-refractivity contribution is 9.10. The molecule has 108 valence electrons. The van der Waals surface area contributed by atoms with E-state index in [1.54, 1.807) is 19.1 Å². The maximum atomic E-state index is 11.2. The summed E-state index contributed by atoms with van der Waals surface area (Å²) in [5, 5.41) is 19.8. The number of carboxylic acids is 1. The number of ether oxygens (including phenoxy) is 1. The molecule has 0 spiro atoms. The van der Waals surface area contributed by atoms with E-state index in [4.69, 9.17) is 4.74 Å². The molecule has 7 heteroatoms. The average molecular weight is 352 g/mol. The lowest BCUT2D eigenvalue weighted by molar-refractivity contribution is -0.384. The number of hydrogen-bond acceptors (Lipinski definition) is 4. The molecule has 0 saturated carbocycles. The second-order valence-corrected chi connectivity index (χ2v) is 5.13. The molecular formula is C14H10BrNO5. The summed E-state index contributed by atoms with van der Waals surface area (Å²) in [5.41, 5.74) is 0.736. The first-order chi connectivity index (χ1) is 9.88. The van der Waals surface area contributed by atoms with Gasteiger partial charge in [-0.2, -0.15) is 0 Å². The minimum Gasteiger partial charge on any atom is -0.478 e. The smallest absolute Gasteiger partial charge is 0.339 e. The Morgan fingerprint density at radius 2 is 1.90 bits per heavy atom. The van der Waals surface area contributed by atoms with Crippen molar-refractivity contribution in [1.82, 2.24) is 0 Å². The zero-order valence-electron chi connectivity index (χ0n) is 10.9. The number of nitrogens with zero attached hydrogens (tertiary/aromatic N) is 1. The number of aromatic carboxylic acids is 1. The molecule has 0 unspecified atom stereocenters. The highest BCUT2D eigenvalue weighted by atomic mass is 79.9. The first-order valence-electron chi connectivity index (χ1n) is 5.84. The van der Waals surface area contributed by atoms with Crippen LogP contribution in [0.4, 0.5) is 5.69 Å². The number of nitro groups is 1. The molecule has 0 atom stereocenters. The van der Waals surface area contributed by atoms with E-state index in [0.29, 0.717) is 10.2 Å². The van der Waals surface area contributed by atoms with Crippen LogP contribution in [0.5, 0.6) is 11.5 Å². The fourth-order valence-corrected chi connectivity index (χ4v) is 2.15. The number of non-ortho nitro benzene ring substituents is 1. The Morgan fingerprint density at radius 3 is 2.48 bits per heavy atom. The van der Waals surface area contributed by atoms with Crippen LogP contribution in [-0.4, -0.2) is 16.0 Å². The summed E-state index contributed by atoms with van der Waals surface area (Å²) in [6.45, 7) is 1.78. The summed E-state index contributed by atoms with van der Waals surface area (Å²) < 4.78 is 5.91. The van der Waals surface area contributed by atoms with Crippen molar-refractivity contribution in [3.63, 3.8) is 0 Å². The van der Waals surface area contributed by atoms with Crippen molar-refractivity contribution in [2.24, 2.45) is 0 Å². The molecule has 6 nitrogen and oxygen atoms in total. The van der Waals surface area contributed by atoms with Crippen LogP contribution in [0.1, 0.15) is 15.9 Å². The van der Waals surface area contributed by atoms with Crippen LogP contribution >= 0.6 is 15.9 Å². The molecule has 0 heterocycles. The minimum absolute atomic E-state index is 0.0280. The first-order valence-corrected chi connectivity index (χ1v) is 6.63. The van der Waals surface area contributed by atoms with E-state index in [2.05, 4.69) is 15.9 Å². The molecule has 0 radical (unpaired) electrons. The number of rotatable bonds is 4. The average Bonchev–Trinajstić information content (AvgIpc) is 2.42. The zero-order chi connectivity index (χ0) is 15.6. The van der Waals surface area contributed by atoms with E-state index < -0.39 is 10.9 Å². The fourth-order valence-electron chi connectivity index (χ4n) is 1.70. The third kappa shape index (κ3) is 3.38. The maximum Gasteiger partial charge on any atom is 0.339 e. The Hall–Kier alpha value is -2.41. The summed E-state index contributed by atoms with van der Waals surface area (Å²) >= 11 is 3.17. The first kappa shape index (κ1) is 15.0. The van der Waals surface area contributed by atoms with Crippen LogP contribution in [-0.2, 0) is 0 Å². The molecule has 0 aliphatic carbocycles. The van der Waals surface area contributed by atoms with Gasteiger partial charge in [0.2, 0.25) is 0 Å². The van der Waals surface area contributed by atoms with E-state index in [-0.39, 0.29) is 17.0 Å². The van der Waals surface area contributed by atoms with Gasteiger partial charge in [0, 0.05) is 12.1 Å². The van der Waals surface area contributed by atoms with Gasteiger partial charge in [-0.05, 0) is 41.1 Å². The van der Waals surface area contributed by atoms with Crippen LogP contribution in [0.25, 0.3) is 0 Å². The van der Waals surface area contributed by atoms with Crippen molar-refractivity contribution in [3.8, 4) is 11.5 Å². The van der Waals surface area contributed by atoms with Crippen molar-refractivity contribution in [1.29, 1.82) is 0 Å². The van der Waals surface area contributed by atoms with Gasteiger partial charge in [-0.3, -0.25) is 10.1 Å². The molecule has 0 aliphatic rings. The lowest BCUT2D eigenvalue weighted by Gasteiger charge is -2.10. The van der Waals surface area contributed by atoms with Crippen molar-refractivity contribution in [2.75, 3.05) is 0 Å². The monoisotopic (exact) mass is 351 g/mol. The standard InChI is InChI=1S/C14H10BrNO5/c1-8-2-4-12(10(6-8)14(17)18)21-13-5-3-9(16(19)20)7-11(13)15/h2-7H,1H3,(H,17,18). The lowest BCUT2D eigenvalue weighted by atomic mass is 10.1. The van der Waals surface area contributed by atoms with Gasteiger partial charge >= 0.3 is 5.97 Å². The number of benzene rings is 2. The predicted octanol–water partition coefficient (Wildman–Crippen LogP) is 4.16. The van der Waals surface area contributed by atoms with Gasteiger partial charge in [-0.15, -0.1) is 0 Å². The largest absolute Gasteiger partial charge is 0.478 e. The quantitative estimate of drug-likeness (QED) is 0.659. The van der Waals surface area contributed by atoms with Crippen LogP contribution < -0.4 is 4.74 Å². The number of nitro benzene ring substituents is 1. The van der Waals surface area contributed by atoms with E-state index >= 15 is 0 Å². The normalized spacial score (nSPS) is 10.2. The summed E-state index contributed by atoms with van der Waals surface area (Å²) in [5.74, 6) is -0.638. The number of hydrogen-bond donors (Lipinski definition) is 1. The van der Waals surface area contributed by atoms with Gasteiger partial charge in [-0.1, -0.05) is 11.6 Å². The van der Waals surface area contributed by atoms with Crippen molar-refractivity contribution in [2.45, 2.75) is 6.92 Å². The fraction of sp³-hybridized carbons (Fsp3) is 0.0714. The van der Waals surface area contributed by atoms with E-state index in [1.165, 1.54) is 24.3 Å². The highest BCUT2D eigenvalue weighted by Crippen LogP contribution is 2.34. The zero-order valence-corrected chi connectivity index (χ0v) is 12.5. The van der Waals surface area contributed by atoms with E-state index in [9.17, 15) is 20.0 Å². The Morgan fingerprint density at radius 1 is 1.24 bits per heavy atom. The molecule has 2 rings (SSSR count). The third-order valence-corrected chi connectivity index (χ3v) is 3.33. The van der Waals surface area contributed by atoms with Crippen LogP contribution in [0, 0.1) is 17.0 Å². The summed E-state index contributed by atoms with van der Waals surface area (Å²) in [4.78, 5) is 21.4. The Bertz CT molecular complexity index is 729. The third-order valence-electron chi connectivity index (χ3n) is 2.71. The lowest BCUT2D eigenvalue weighted by Crippen LogP contribution is -2.01. The second kappa shape index (κ2) is 5.92.